The zero-order valence-corrected chi connectivity index (χ0v) is 21.1. The van der Waals surface area contributed by atoms with E-state index in [-0.39, 0.29) is 33.3 Å². The van der Waals surface area contributed by atoms with Crippen molar-refractivity contribution in [2.24, 2.45) is 0 Å². The fourth-order valence-corrected chi connectivity index (χ4v) is 4.50. The van der Waals surface area contributed by atoms with Gasteiger partial charge >= 0.3 is 0 Å². The van der Waals surface area contributed by atoms with E-state index in [4.69, 9.17) is 30.5 Å². The highest BCUT2D eigenvalue weighted by molar-refractivity contribution is 6.51. The number of ketones is 1. The number of hydrogen-bond acceptors (Lipinski definition) is 7. The molecule has 0 aliphatic carbocycles. The number of aliphatic hydroxyl groups is 1. The minimum atomic E-state index is -1.12. The van der Waals surface area contributed by atoms with Gasteiger partial charge in [-0.25, -0.2) is 4.39 Å². The molecule has 3 aromatic rings. The van der Waals surface area contributed by atoms with Crippen LogP contribution in [0.5, 0.6) is 23.0 Å². The topological polar surface area (TPSA) is 94.5 Å². The number of amides is 1. The van der Waals surface area contributed by atoms with Gasteiger partial charge in [-0.3, -0.25) is 14.5 Å². The second-order valence-corrected chi connectivity index (χ2v) is 8.36. The Hall–Kier alpha value is -4.24. The molecule has 0 spiro atoms. The van der Waals surface area contributed by atoms with Gasteiger partial charge < -0.3 is 24.1 Å². The summed E-state index contributed by atoms with van der Waals surface area (Å²) in [4.78, 5) is 27.9. The highest BCUT2D eigenvalue weighted by Gasteiger charge is 2.47. The molecule has 10 heteroatoms. The van der Waals surface area contributed by atoms with Gasteiger partial charge in [0.05, 0.1) is 45.1 Å². The Balaban J connectivity index is 2.01. The van der Waals surface area contributed by atoms with Gasteiger partial charge in [0, 0.05) is 11.3 Å². The number of halogens is 2. The van der Waals surface area contributed by atoms with Gasteiger partial charge in [0.15, 0.2) is 11.5 Å². The number of benzene rings is 3. The standard InChI is InChI=1S/C27H23ClFNO7/c1-34-19-10-5-14(11-18(19)28)24(31)22-23(15-12-20(35-2)26(37-4)21(13-15)36-3)30(27(33)25(22)32)17-8-6-16(29)7-9-17/h5-13,23,31H,1-4H3/b24-22+. The maximum atomic E-state index is 13.7. The van der Waals surface area contributed by atoms with Crippen molar-refractivity contribution in [3.8, 4) is 23.0 Å². The normalized spacial score (nSPS) is 16.6. The maximum Gasteiger partial charge on any atom is 0.300 e. The summed E-state index contributed by atoms with van der Waals surface area (Å²) in [7, 11) is 5.74. The Bertz CT molecular complexity index is 1380. The van der Waals surface area contributed by atoms with Gasteiger partial charge in [0.25, 0.3) is 11.7 Å². The van der Waals surface area contributed by atoms with Crippen molar-refractivity contribution in [2.75, 3.05) is 33.3 Å². The van der Waals surface area contributed by atoms with Crippen molar-refractivity contribution >= 4 is 34.7 Å². The maximum absolute atomic E-state index is 13.7. The molecule has 0 radical (unpaired) electrons. The highest BCUT2D eigenvalue weighted by Crippen LogP contribution is 2.47. The average molecular weight is 528 g/mol. The predicted molar refractivity (Wildman–Crippen MR) is 135 cm³/mol. The molecule has 37 heavy (non-hydrogen) atoms. The number of Topliss-reactive ketones (excluding diaryl/α,β-unsaturated/α-hetero) is 1. The molecule has 1 aliphatic rings. The van der Waals surface area contributed by atoms with Crippen LogP contribution in [-0.4, -0.2) is 45.2 Å². The van der Waals surface area contributed by atoms with E-state index in [2.05, 4.69) is 0 Å². The smallest absolute Gasteiger partial charge is 0.300 e. The molecule has 1 unspecified atom stereocenters. The summed E-state index contributed by atoms with van der Waals surface area (Å²) >= 11 is 6.25. The number of ether oxygens (including phenoxy) is 4. The molecule has 0 saturated carbocycles. The third-order valence-electron chi connectivity index (χ3n) is 5.98. The number of hydrogen-bond donors (Lipinski definition) is 1. The molecule has 1 aliphatic heterocycles. The van der Waals surface area contributed by atoms with Crippen LogP contribution in [0.1, 0.15) is 17.2 Å². The first-order chi connectivity index (χ1) is 17.7. The van der Waals surface area contributed by atoms with Crippen LogP contribution in [0.4, 0.5) is 10.1 Å². The first-order valence-corrected chi connectivity index (χ1v) is 11.3. The van der Waals surface area contributed by atoms with Gasteiger partial charge in [-0.2, -0.15) is 0 Å². The van der Waals surface area contributed by atoms with Crippen LogP contribution in [0.2, 0.25) is 5.02 Å². The van der Waals surface area contributed by atoms with Crippen molar-refractivity contribution in [1.82, 2.24) is 0 Å². The molecule has 0 bridgehead atoms. The van der Waals surface area contributed by atoms with Crippen molar-refractivity contribution in [3.63, 3.8) is 0 Å². The molecule has 3 aromatic carbocycles. The second kappa shape index (κ2) is 10.4. The zero-order chi connectivity index (χ0) is 26.9. The van der Waals surface area contributed by atoms with Crippen LogP contribution >= 0.6 is 11.6 Å². The lowest BCUT2D eigenvalue weighted by Crippen LogP contribution is -2.29. The largest absolute Gasteiger partial charge is 0.507 e. The number of anilines is 1. The van der Waals surface area contributed by atoms with Crippen molar-refractivity contribution in [1.29, 1.82) is 0 Å². The summed E-state index contributed by atoms with van der Waals surface area (Å²) in [6.45, 7) is 0. The molecule has 8 nitrogen and oxygen atoms in total. The van der Waals surface area contributed by atoms with E-state index in [0.29, 0.717) is 17.1 Å². The molecule has 1 heterocycles. The molecule has 1 atom stereocenters. The van der Waals surface area contributed by atoms with Gasteiger partial charge in [0.2, 0.25) is 5.75 Å². The van der Waals surface area contributed by atoms with E-state index in [1.807, 2.05) is 0 Å². The van der Waals surface area contributed by atoms with Crippen LogP contribution in [0.15, 0.2) is 60.2 Å². The summed E-state index contributed by atoms with van der Waals surface area (Å²) in [6, 6.07) is 11.6. The van der Waals surface area contributed by atoms with Gasteiger partial charge in [-0.15, -0.1) is 0 Å². The molecule has 0 aromatic heterocycles. The summed E-state index contributed by atoms with van der Waals surface area (Å²) < 4.78 is 35.2. The van der Waals surface area contributed by atoms with Crippen molar-refractivity contribution in [2.45, 2.75) is 6.04 Å². The molecular weight excluding hydrogens is 505 g/mol. The number of carbonyl (C=O) groups excluding carboxylic acids is 2. The lowest BCUT2D eigenvalue weighted by molar-refractivity contribution is -0.132. The summed E-state index contributed by atoms with van der Waals surface area (Å²) in [5, 5.41) is 11.5. The van der Waals surface area contributed by atoms with Crippen LogP contribution in [0.25, 0.3) is 5.76 Å². The minimum Gasteiger partial charge on any atom is -0.507 e. The van der Waals surface area contributed by atoms with Crippen molar-refractivity contribution in [3.05, 3.63) is 82.1 Å². The lowest BCUT2D eigenvalue weighted by Gasteiger charge is -2.26. The van der Waals surface area contributed by atoms with E-state index in [9.17, 15) is 19.1 Å². The Morgan fingerprint density at radius 1 is 0.865 bits per heavy atom. The number of nitrogens with zero attached hydrogens (tertiary/aromatic N) is 1. The molecular formula is C27H23ClFNO7. The molecule has 4 rings (SSSR count). The molecule has 1 fully saturated rings. The Labute approximate surface area is 217 Å². The molecule has 1 saturated heterocycles. The van der Waals surface area contributed by atoms with Crippen LogP contribution < -0.4 is 23.8 Å². The molecule has 192 valence electrons. The Morgan fingerprint density at radius 3 is 1.97 bits per heavy atom. The summed E-state index contributed by atoms with van der Waals surface area (Å²) in [5.74, 6) is -1.61. The van der Waals surface area contributed by atoms with Crippen LogP contribution in [0.3, 0.4) is 0 Å². The Kier molecular flexibility index (Phi) is 7.26. The number of carbonyl (C=O) groups is 2. The van der Waals surface area contributed by atoms with E-state index in [1.54, 1.807) is 12.1 Å². The minimum absolute atomic E-state index is 0.195. The molecule has 1 amide bonds. The van der Waals surface area contributed by atoms with Crippen molar-refractivity contribution < 1.29 is 38.0 Å². The monoisotopic (exact) mass is 527 g/mol. The average Bonchev–Trinajstić information content (AvgIpc) is 3.17. The van der Waals surface area contributed by atoms with E-state index >= 15 is 0 Å². The number of methoxy groups -OCH3 is 4. The summed E-state index contributed by atoms with van der Waals surface area (Å²) in [6.07, 6.45) is 0. The molecule has 1 N–H and O–H groups in total. The van der Waals surface area contributed by atoms with Crippen LogP contribution in [0, 0.1) is 5.82 Å². The highest BCUT2D eigenvalue weighted by atomic mass is 35.5. The Morgan fingerprint density at radius 2 is 1.46 bits per heavy atom. The SMILES string of the molecule is COc1ccc(/C(O)=C2\C(=O)C(=O)N(c3ccc(F)cc3)C2c2cc(OC)c(OC)c(OC)c2)cc1Cl. The first-order valence-electron chi connectivity index (χ1n) is 11.0. The first kappa shape index (κ1) is 25.8. The van der Waals surface area contributed by atoms with Crippen LogP contribution in [-0.2, 0) is 9.59 Å². The van der Waals surface area contributed by atoms with Gasteiger partial charge in [-0.1, -0.05) is 11.6 Å². The van der Waals surface area contributed by atoms with E-state index in [0.717, 1.165) is 0 Å². The zero-order valence-electron chi connectivity index (χ0n) is 20.4. The third-order valence-corrected chi connectivity index (χ3v) is 6.27. The number of rotatable bonds is 7. The summed E-state index contributed by atoms with van der Waals surface area (Å²) in [5.41, 5.74) is 0.610. The predicted octanol–water partition coefficient (Wildman–Crippen LogP) is 5.14. The number of aliphatic hydroxyl groups excluding tert-OH is 1. The third kappa shape index (κ3) is 4.53. The quantitative estimate of drug-likeness (QED) is 0.258. The van der Waals surface area contributed by atoms with E-state index < -0.39 is 29.3 Å². The van der Waals surface area contributed by atoms with E-state index in [1.165, 1.54) is 75.8 Å². The van der Waals surface area contributed by atoms with Gasteiger partial charge in [0.1, 0.15) is 17.3 Å². The fourth-order valence-electron chi connectivity index (χ4n) is 4.24. The fraction of sp³-hybridized carbons (Fsp3) is 0.185. The van der Waals surface area contributed by atoms with Gasteiger partial charge in [-0.05, 0) is 60.2 Å². The second-order valence-electron chi connectivity index (χ2n) is 7.95. The lowest BCUT2D eigenvalue weighted by atomic mass is 9.94.